The Morgan fingerprint density at radius 1 is 0.952 bits per heavy atom. The van der Waals surface area contributed by atoms with E-state index >= 15 is 0 Å². The van der Waals surface area contributed by atoms with E-state index in [1.807, 2.05) is 35.2 Å². The number of fused-ring (bicyclic) bond motifs is 1. The van der Waals surface area contributed by atoms with Crippen molar-refractivity contribution < 1.29 is 14.3 Å². The number of methoxy groups -OCH3 is 1. The normalized spacial score (nSPS) is 19.0. The fourth-order valence-corrected chi connectivity index (χ4v) is 6.87. The molecule has 1 fully saturated rings. The van der Waals surface area contributed by atoms with Crippen LogP contribution in [0.15, 0.2) is 60.7 Å². The number of rotatable bonds is 10. The van der Waals surface area contributed by atoms with Gasteiger partial charge in [0.15, 0.2) is 11.5 Å². The van der Waals surface area contributed by atoms with E-state index in [1.54, 1.807) is 7.11 Å². The molecule has 0 bridgehead atoms. The van der Waals surface area contributed by atoms with E-state index in [-0.39, 0.29) is 18.1 Å². The van der Waals surface area contributed by atoms with Gasteiger partial charge in [-0.3, -0.25) is 9.69 Å². The maximum absolute atomic E-state index is 13.9. The van der Waals surface area contributed by atoms with Gasteiger partial charge in [0.1, 0.15) is 0 Å². The number of carbonyl (C=O) groups is 1. The highest BCUT2D eigenvalue weighted by molar-refractivity contribution is 6.30. The van der Waals surface area contributed by atoms with Gasteiger partial charge in [0.2, 0.25) is 5.91 Å². The molecule has 5 nitrogen and oxygen atoms in total. The molecule has 0 N–H and O–H groups in total. The number of nitrogens with zero attached hydrogens (tertiary/aromatic N) is 2. The minimum atomic E-state index is -0.318. The van der Waals surface area contributed by atoms with Gasteiger partial charge in [-0.25, -0.2) is 0 Å². The van der Waals surface area contributed by atoms with Crippen molar-refractivity contribution >= 4 is 23.2 Å². The molecule has 2 unspecified atom stereocenters. The van der Waals surface area contributed by atoms with Crippen molar-refractivity contribution in [2.45, 2.75) is 96.9 Å². The van der Waals surface area contributed by atoms with Gasteiger partial charge in [-0.15, -0.1) is 0 Å². The third kappa shape index (κ3) is 6.33. The van der Waals surface area contributed by atoms with Gasteiger partial charge in [-0.05, 0) is 98.3 Å². The quantitative estimate of drug-likeness (QED) is 0.237. The van der Waals surface area contributed by atoms with E-state index in [0.717, 1.165) is 35.3 Å². The zero-order valence-corrected chi connectivity index (χ0v) is 26.5. The Balaban J connectivity index is 1.53. The number of hydrogen-bond acceptors (Lipinski definition) is 4. The molecular formula is C36H45ClN2O3. The predicted molar refractivity (Wildman–Crippen MR) is 172 cm³/mol. The van der Waals surface area contributed by atoms with Gasteiger partial charge in [-0.1, -0.05) is 69.0 Å². The summed E-state index contributed by atoms with van der Waals surface area (Å²) >= 11 is 6.29. The maximum Gasteiger partial charge on any atom is 0.232 e. The van der Waals surface area contributed by atoms with Crippen LogP contribution in [0.5, 0.6) is 11.5 Å². The van der Waals surface area contributed by atoms with Crippen molar-refractivity contribution in [3.8, 4) is 11.5 Å². The Kier molecular flexibility index (Phi) is 9.80. The molecule has 1 saturated carbocycles. The van der Waals surface area contributed by atoms with Crippen molar-refractivity contribution in [3.63, 3.8) is 0 Å². The number of benzene rings is 3. The average molecular weight is 589 g/mol. The van der Waals surface area contributed by atoms with Crippen LogP contribution in [0.4, 0.5) is 5.69 Å². The molecule has 224 valence electrons. The summed E-state index contributed by atoms with van der Waals surface area (Å²) in [6.07, 6.45) is 7.80. The number of halogens is 1. The van der Waals surface area contributed by atoms with Crippen LogP contribution in [0.3, 0.4) is 0 Å². The zero-order chi connectivity index (χ0) is 29.8. The number of anilines is 1. The molecule has 3 aromatic rings. The molecule has 1 aliphatic heterocycles. The Morgan fingerprint density at radius 3 is 2.26 bits per heavy atom. The Bertz CT molecular complexity index is 1350. The van der Waals surface area contributed by atoms with Crippen LogP contribution < -0.4 is 14.4 Å². The number of ether oxygens (including phenoxy) is 2. The van der Waals surface area contributed by atoms with Crippen molar-refractivity contribution in [1.29, 1.82) is 0 Å². The molecule has 0 spiro atoms. The van der Waals surface area contributed by atoms with Gasteiger partial charge in [-0.2, -0.15) is 0 Å². The molecule has 1 aliphatic carbocycles. The Morgan fingerprint density at radius 2 is 1.64 bits per heavy atom. The molecule has 2 aliphatic rings. The fraction of sp³-hybridized carbons (Fsp3) is 0.472. The molecule has 3 atom stereocenters. The standard InChI is InChI=1S/C36H45ClN2O3/c1-6-24(3)42-34-23-32-28(21-33(34)41-5)22-35(40)39(36(32)27-13-17-29(37)18-14-27)31-19-15-26(16-20-31)25(4)38(7-2)30-11-9-8-10-12-30/h13-21,23-25,30,36H,6-12,22H2,1-5H3/t24-,25?,36?/m1/s1. The van der Waals surface area contributed by atoms with E-state index in [1.165, 1.54) is 37.7 Å². The van der Waals surface area contributed by atoms with Crippen LogP contribution in [-0.2, 0) is 11.2 Å². The van der Waals surface area contributed by atoms with Crippen LogP contribution in [0.2, 0.25) is 5.02 Å². The first-order valence-corrected chi connectivity index (χ1v) is 16.0. The van der Waals surface area contributed by atoms with Crippen molar-refractivity contribution in [1.82, 2.24) is 4.90 Å². The lowest BCUT2D eigenvalue weighted by atomic mass is 9.86. The predicted octanol–water partition coefficient (Wildman–Crippen LogP) is 8.92. The molecule has 0 aromatic heterocycles. The van der Waals surface area contributed by atoms with E-state index in [0.29, 0.717) is 35.0 Å². The Hall–Kier alpha value is -3.02. The summed E-state index contributed by atoms with van der Waals surface area (Å²) in [5.41, 5.74) is 5.18. The number of amides is 1. The lowest BCUT2D eigenvalue weighted by molar-refractivity contribution is -0.118. The largest absolute Gasteiger partial charge is 0.493 e. The fourth-order valence-electron chi connectivity index (χ4n) is 6.74. The van der Waals surface area contributed by atoms with E-state index in [9.17, 15) is 4.79 Å². The Labute approximate surface area is 256 Å². The molecule has 42 heavy (non-hydrogen) atoms. The summed E-state index contributed by atoms with van der Waals surface area (Å²) in [5.74, 6) is 1.41. The highest BCUT2D eigenvalue weighted by Crippen LogP contribution is 2.44. The monoisotopic (exact) mass is 588 g/mol. The summed E-state index contributed by atoms with van der Waals surface area (Å²) in [6, 6.07) is 21.2. The van der Waals surface area contributed by atoms with Crippen molar-refractivity contribution in [2.24, 2.45) is 0 Å². The van der Waals surface area contributed by atoms with Crippen LogP contribution in [0, 0.1) is 0 Å². The van der Waals surface area contributed by atoms with Crippen LogP contribution in [-0.4, -0.2) is 36.6 Å². The summed E-state index contributed by atoms with van der Waals surface area (Å²) in [5, 5.41) is 0.667. The first-order chi connectivity index (χ1) is 20.3. The lowest BCUT2D eigenvalue weighted by Gasteiger charge is -2.39. The molecule has 5 rings (SSSR count). The van der Waals surface area contributed by atoms with Crippen molar-refractivity contribution in [3.05, 3.63) is 87.9 Å². The molecule has 1 amide bonds. The third-order valence-corrected chi connectivity index (χ3v) is 9.49. The molecule has 6 heteroatoms. The highest BCUT2D eigenvalue weighted by atomic mass is 35.5. The molecular weight excluding hydrogens is 544 g/mol. The average Bonchev–Trinajstić information content (AvgIpc) is 3.01. The first kappa shape index (κ1) is 30.4. The molecule has 0 radical (unpaired) electrons. The van der Waals surface area contributed by atoms with E-state index in [4.69, 9.17) is 21.1 Å². The highest BCUT2D eigenvalue weighted by Gasteiger charge is 2.36. The SMILES string of the molecule is CC[C@@H](C)Oc1cc2c(cc1OC)CC(=O)N(c1ccc(C(C)N(CC)C3CCCCC3)cc1)C2c1ccc(Cl)cc1. The van der Waals surface area contributed by atoms with Gasteiger partial charge in [0.25, 0.3) is 0 Å². The maximum atomic E-state index is 13.9. The second-order valence-electron chi connectivity index (χ2n) is 11.8. The zero-order valence-electron chi connectivity index (χ0n) is 25.7. The minimum Gasteiger partial charge on any atom is -0.493 e. The summed E-state index contributed by atoms with van der Waals surface area (Å²) in [6.45, 7) is 9.79. The molecule has 0 saturated heterocycles. The van der Waals surface area contributed by atoms with Crippen molar-refractivity contribution in [2.75, 3.05) is 18.6 Å². The van der Waals surface area contributed by atoms with Crippen LogP contribution >= 0.6 is 11.6 Å². The minimum absolute atomic E-state index is 0.0399. The van der Waals surface area contributed by atoms with Gasteiger partial charge in [0, 0.05) is 22.8 Å². The summed E-state index contributed by atoms with van der Waals surface area (Å²) in [4.78, 5) is 18.5. The topological polar surface area (TPSA) is 42.0 Å². The van der Waals surface area contributed by atoms with Crippen LogP contribution in [0.1, 0.15) is 101 Å². The summed E-state index contributed by atoms with van der Waals surface area (Å²) in [7, 11) is 1.65. The lowest BCUT2D eigenvalue weighted by Crippen LogP contribution is -2.41. The first-order valence-electron chi connectivity index (χ1n) is 15.6. The molecule has 1 heterocycles. The third-order valence-electron chi connectivity index (χ3n) is 9.24. The van der Waals surface area contributed by atoms with E-state index in [2.05, 4.69) is 62.9 Å². The number of carbonyl (C=O) groups excluding carboxylic acids is 1. The second-order valence-corrected chi connectivity index (χ2v) is 12.3. The number of hydrogen-bond donors (Lipinski definition) is 0. The van der Waals surface area contributed by atoms with Crippen LogP contribution in [0.25, 0.3) is 0 Å². The van der Waals surface area contributed by atoms with Gasteiger partial charge in [0.05, 0.1) is 25.7 Å². The summed E-state index contributed by atoms with van der Waals surface area (Å²) < 4.78 is 12.0. The smallest absolute Gasteiger partial charge is 0.232 e. The second kappa shape index (κ2) is 13.5. The molecule has 3 aromatic carbocycles. The van der Waals surface area contributed by atoms with Gasteiger partial charge < -0.3 is 14.4 Å². The van der Waals surface area contributed by atoms with Gasteiger partial charge >= 0.3 is 0 Å². The van der Waals surface area contributed by atoms with E-state index < -0.39 is 0 Å².